The normalized spacial score (nSPS) is 11.5. The first-order chi connectivity index (χ1) is 9.77. The van der Waals surface area contributed by atoms with Crippen LogP contribution < -0.4 is 5.32 Å². The predicted molar refractivity (Wildman–Crippen MR) is 74.9 cm³/mol. The standard InChI is InChI=1S/C15H12ClF4N/c1-9-2-4-12(17)6-10(9)8-21-14-7-11(15(18,19)20)3-5-13(14)16/h2-7,21H,8H2,1H3. The highest BCUT2D eigenvalue weighted by Crippen LogP contribution is 2.34. The van der Waals surface area contributed by atoms with Crippen molar-refractivity contribution in [1.82, 2.24) is 0 Å². The zero-order chi connectivity index (χ0) is 15.6. The molecule has 6 heteroatoms. The molecule has 112 valence electrons. The van der Waals surface area contributed by atoms with E-state index >= 15 is 0 Å². The van der Waals surface area contributed by atoms with Gasteiger partial charge in [0, 0.05) is 6.54 Å². The first-order valence-corrected chi connectivity index (χ1v) is 6.51. The van der Waals surface area contributed by atoms with Gasteiger partial charge in [-0.25, -0.2) is 4.39 Å². The van der Waals surface area contributed by atoms with Gasteiger partial charge >= 0.3 is 6.18 Å². The SMILES string of the molecule is Cc1ccc(F)cc1CNc1cc(C(F)(F)F)ccc1Cl. The number of anilines is 1. The van der Waals surface area contributed by atoms with Crippen LogP contribution in [0, 0.1) is 12.7 Å². The molecule has 0 saturated carbocycles. The maximum Gasteiger partial charge on any atom is 0.416 e. The number of hydrogen-bond acceptors (Lipinski definition) is 1. The smallest absolute Gasteiger partial charge is 0.380 e. The molecule has 0 radical (unpaired) electrons. The molecule has 0 aliphatic heterocycles. The average molecular weight is 318 g/mol. The van der Waals surface area contributed by atoms with Gasteiger partial charge in [-0.1, -0.05) is 17.7 Å². The Balaban J connectivity index is 2.22. The van der Waals surface area contributed by atoms with Crippen LogP contribution in [0.25, 0.3) is 0 Å². The molecular weight excluding hydrogens is 306 g/mol. The Morgan fingerprint density at radius 2 is 1.81 bits per heavy atom. The van der Waals surface area contributed by atoms with E-state index in [1.54, 1.807) is 13.0 Å². The molecule has 0 saturated heterocycles. The number of alkyl halides is 3. The van der Waals surface area contributed by atoms with E-state index in [2.05, 4.69) is 5.32 Å². The van der Waals surface area contributed by atoms with Crippen molar-refractivity contribution < 1.29 is 17.6 Å². The minimum atomic E-state index is -4.43. The van der Waals surface area contributed by atoms with Gasteiger partial charge in [-0.3, -0.25) is 0 Å². The fourth-order valence-electron chi connectivity index (χ4n) is 1.86. The number of nitrogens with one attached hydrogen (secondary N) is 1. The van der Waals surface area contributed by atoms with Gasteiger partial charge in [-0.05, 0) is 48.4 Å². The van der Waals surface area contributed by atoms with Crippen LogP contribution in [0.5, 0.6) is 0 Å². The van der Waals surface area contributed by atoms with Crippen molar-refractivity contribution in [3.8, 4) is 0 Å². The highest BCUT2D eigenvalue weighted by molar-refractivity contribution is 6.33. The molecule has 0 aromatic heterocycles. The first-order valence-electron chi connectivity index (χ1n) is 6.13. The van der Waals surface area contributed by atoms with E-state index in [4.69, 9.17) is 11.6 Å². The van der Waals surface area contributed by atoms with Crippen molar-refractivity contribution >= 4 is 17.3 Å². The third-order valence-corrected chi connectivity index (χ3v) is 3.40. The minimum absolute atomic E-state index is 0.162. The Morgan fingerprint density at radius 3 is 2.48 bits per heavy atom. The van der Waals surface area contributed by atoms with Crippen molar-refractivity contribution in [2.75, 3.05) is 5.32 Å². The number of rotatable bonds is 3. The van der Waals surface area contributed by atoms with E-state index in [1.165, 1.54) is 18.2 Å². The summed E-state index contributed by atoms with van der Waals surface area (Å²) in [6, 6.07) is 7.32. The molecule has 1 nitrogen and oxygen atoms in total. The first kappa shape index (κ1) is 15.6. The van der Waals surface area contributed by atoms with Crippen molar-refractivity contribution in [1.29, 1.82) is 0 Å². The minimum Gasteiger partial charge on any atom is -0.380 e. The van der Waals surface area contributed by atoms with Crippen LogP contribution in [-0.2, 0) is 12.7 Å². The van der Waals surface area contributed by atoms with Crippen LogP contribution in [0.2, 0.25) is 5.02 Å². The predicted octanol–water partition coefficient (Wildman–Crippen LogP) is 5.42. The van der Waals surface area contributed by atoms with Crippen LogP contribution in [-0.4, -0.2) is 0 Å². The van der Waals surface area contributed by atoms with Gasteiger partial charge < -0.3 is 5.32 Å². The largest absolute Gasteiger partial charge is 0.416 e. The third kappa shape index (κ3) is 3.88. The molecule has 0 bridgehead atoms. The second-order valence-electron chi connectivity index (χ2n) is 4.62. The molecule has 0 aliphatic rings. The Labute approximate surface area is 124 Å². The maximum atomic E-state index is 13.2. The Morgan fingerprint density at radius 1 is 1.10 bits per heavy atom. The summed E-state index contributed by atoms with van der Waals surface area (Å²) in [5.74, 6) is -0.396. The summed E-state index contributed by atoms with van der Waals surface area (Å²) in [5.41, 5.74) is 0.871. The van der Waals surface area contributed by atoms with Crippen molar-refractivity contribution in [3.05, 3.63) is 63.9 Å². The lowest BCUT2D eigenvalue weighted by Gasteiger charge is -2.13. The monoisotopic (exact) mass is 317 g/mol. The summed E-state index contributed by atoms with van der Waals surface area (Å²) in [4.78, 5) is 0. The van der Waals surface area contributed by atoms with Gasteiger partial charge in [0.05, 0.1) is 16.3 Å². The molecule has 2 rings (SSSR count). The number of aryl methyl sites for hydroxylation is 1. The Kier molecular flexibility index (Phi) is 4.42. The quantitative estimate of drug-likeness (QED) is 0.745. The Bertz CT molecular complexity index is 653. The summed E-state index contributed by atoms with van der Waals surface area (Å²) in [6.07, 6.45) is -4.43. The van der Waals surface area contributed by atoms with Gasteiger partial charge in [-0.2, -0.15) is 13.2 Å². The fraction of sp³-hybridized carbons (Fsp3) is 0.200. The van der Waals surface area contributed by atoms with Crippen LogP contribution >= 0.6 is 11.6 Å². The summed E-state index contributed by atoms with van der Waals surface area (Å²) in [5, 5.41) is 2.99. The fourth-order valence-corrected chi connectivity index (χ4v) is 2.04. The van der Waals surface area contributed by atoms with Gasteiger partial charge in [0.1, 0.15) is 5.82 Å². The van der Waals surface area contributed by atoms with Gasteiger partial charge in [0.2, 0.25) is 0 Å². The molecule has 21 heavy (non-hydrogen) atoms. The van der Waals surface area contributed by atoms with Crippen molar-refractivity contribution in [3.63, 3.8) is 0 Å². The molecule has 2 aromatic carbocycles. The molecule has 0 unspecified atom stereocenters. The molecule has 0 aliphatic carbocycles. The zero-order valence-corrected chi connectivity index (χ0v) is 11.8. The molecular formula is C15H12ClF4N. The lowest BCUT2D eigenvalue weighted by Crippen LogP contribution is -2.07. The highest BCUT2D eigenvalue weighted by atomic mass is 35.5. The number of halogens is 5. The summed E-state index contributed by atoms with van der Waals surface area (Å²) >= 11 is 5.88. The van der Waals surface area contributed by atoms with Crippen LogP contribution in [0.3, 0.4) is 0 Å². The van der Waals surface area contributed by atoms with E-state index in [0.29, 0.717) is 5.56 Å². The van der Waals surface area contributed by atoms with Crippen molar-refractivity contribution in [2.45, 2.75) is 19.6 Å². The van der Waals surface area contributed by atoms with Gasteiger partial charge in [0.15, 0.2) is 0 Å². The lowest BCUT2D eigenvalue weighted by molar-refractivity contribution is -0.137. The van der Waals surface area contributed by atoms with E-state index < -0.39 is 17.6 Å². The molecule has 0 atom stereocenters. The van der Waals surface area contributed by atoms with E-state index in [-0.39, 0.29) is 17.3 Å². The number of hydrogen-bond donors (Lipinski definition) is 1. The van der Waals surface area contributed by atoms with Crippen molar-refractivity contribution in [2.24, 2.45) is 0 Å². The lowest BCUT2D eigenvalue weighted by atomic mass is 10.1. The third-order valence-electron chi connectivity index (χ3n) is 3.07. The zero-order valence-electron chi connectivity index (χ0n) is 11.1. The second-order valence-corrected chi connectivity index (χ2v) is 5.02. The molecule has 0 spiro atoms. The van der Waals surface area contributed by atoms with Gasteiger partial charge in [0.25, 0.3) is 0 Å². The molecule has 0 heterocycles. The average Bonchev–Trinajstić information content (AvgIpc) is 2.40. The van der Waals surface area contributed by atoms with Crippen LogP contribution in [0.15, 0.2) is 36.4 Å². The maximum absolute atomic E-state index is 13.2. The molecule has 1 N–H and O–H groups in total. The molecule has 2 aromatic rings. The summed E-state index contributed by atoms with van der Waals surface area (Å²) in [6.45, 7) is 1.98. The summed E-state index contributed by atoms with van der Waals surface area (Å²) < 4.78 is 51.1. The van der Waals surface area contributed by atoms with Gasteiger partial charge in [-0.15, -0.1) is 0 Å². The van der Waals surface area contributed by atoms with Crippen LogP contribution in [0.4, 0.5) is 23.2 Å². The summed E-state index contributed by atoms with van der Waals surface area (Å²) in [7, 11) is 0. The van der Waals surface area contributed by atoms with E-state index in [9.17, 15) is 17.6 Å². The Hall–Kier alpha value is -1.75. The molecule has 0 fully saturated rings. The van der Waals surface area contributed by atoms with Crippen LogP contribution in [0.1, 0.15) is 16.7 Å². The topological polar surface area (TPSA) is 12.0 Å². The van der Waals surface area contributed by atoms with E-state index in [1.807, 2.05) is 0 Å². The number of benzene rings is 2. The highest BCUT2D eigenvalue weighted by Gasteiger charge is 2.30. The molecule has 0 amide bonds. The second kappa shape index (κ2) is 5.93. The van der Waals surface area contributed by atoms with E-state index in [0.717, 1.165) is 17.7 Å².